The number of halogens is 3. The highest BCUT2D eigenvalue weighted by atomic mass is 19.2. The number of pyridine rings is 1. The lowest BCUT2D eigenvalue weighted by atomic mass is 10.1. The molecule has 1 aromatic carbocycles. The molecule has 0 radical (unpaired) electrons. The zero-order valence-electron chi connectivity index (χ0n) is 19.3. The van der Waals surface area contributed by atoms with Crippen molar-refractivity contribution in [1.82, 2.24) is 9.88 Å². The number of rotatable bonds is 5. The Morgan fingerprint density at radius 1 is 0.944 bits per heavy atom. The first-order valence-corrected chi connectivity index (χ1v) is 11.0. The van der Waals surface area contributed by atoms with Gasteiger partial charge in [0.25, 0.3) is 0 Å². The van der Waals surface area contributed by atoms with E-state index in [4.69, 9.17) is 10.2 Å². The number of hydrogen-bond donors (Lipinski definition) is 4. The van der Waals surface area contributed by atoms with Gasteiger partial charge >= 0.3 is 17.9 Å². The van der Waals surface area contributed by atoms with Crippen LogP contribution in [0.3, 0.4) is 0 Å². The Morgan fingerprint density at radius 2 is 1.47 bits per heavy atom. The van der Waals surface area contributed by atoms with Gasteiger partial charge in [-0.1, -0.05) is 0 Å². The summed E-state index contributed by atoms with van der Waals surface area (Å²) in [6.45, 7) is 4.25. The molecule has 4 rings (SSSR count). The smallest absolute Gasteiger partial charge is 0.341 e. The standard InChI is InChI=1S/C19H20F3N3O3.C4H4O4/c1-8-5-24(6-9(2)23-8)17-14(21)13(20)12-16(15(17)22)25(10-3-4-10)7-11(18(12)26)19(27)28;5-3(6)1-2-4(7)8/h7-10,23H,3-6H2,1-2H3,(H,27,28);1-2H,(H,5,6)(H,7,8)/b;2-1-/t8-,9+;. The highest BCUT2D eigenvalue weighted by Gasteiger charge is 2.35. The van der Waals surface area contributed by atoms with E-state index >= 15 is 4.39 Å². The lowest BCUT2D eigenvalue weighted by Gasteiger charge is -2.38. The van der Waals surface area contributed by atoms with Crippen molar-refractivity contribution in [3.8, 4) is 0 Å². The Labute approximate surface area is 202 Å². The van der Waals surface area contributed by atoms with Crippen molar-refractivity contribution in [1.29, 1.82) is 0 Å². The molecule has 194 valence electrons. The van der Waals surface area contributed by atoms with Gasteiger partial charge in [0.1, 0.15) is 11.3 Å². The summed E-state index contributed by atoms with van der Waals surface area (Å²) in [6.07, 6.45) is 3.45. The molecular weight excluding hydrogens is 487 g/mol. The highest BCUT2D eigenvalue weighted by Crippen LogP contribution is 2.40. The Balaban J connectivity index is 0.000000392. The average Bonchev–Trinajstić information content (AvgIpc) is 3.61. The summed E-state index contributed by atoms with van der Waals surface area (Å²) in [6, 6.07) is -0.378. The van der Waals surface area contributed by atoms with E-state index in [1.165, 1.54) is 9.47 Å². The zero-order valence-corrected chi connectivity index (χ0v) is 19.3. The van der Waals surface area contributed by atoms with Crippen LogP contribution in [0.2, 0.25) is 0 Å². The Kier molecular flexibility index (Phi) is 7.72. The van der Waals surface area contributed by atoms with Crippen molar-refractivity contribution in [3.63, 3.8) is 0 Å². The molecule has 0 bridgehead atoms. The molecule has 13 heteroatoms. The van der Waals surface area contributed by atoms with Crippen LogP contribution < -0.4 is 15.6 Å². The van der Waals surface area contributed by atoms with Crippen LogP contribution in [-0.2, 0) is 9.59 Å². The minimum atomic E-state index is -1.56. The second-order valence-corrected chi connectivity index (χ2v) is 8.71. The molecule has 0 amide bonds. The molecule has 1 saturated carbocycles. The molecule has 2 atom stereocenters. The number of aliphatic carboxylic acids is 2. The number of nitrogens with zero attached hydrogens (tertiary/aromatic N) is 2. The van der Waals surface area contributed by atoms with Gasteiger partial charge in [0.05, 0.1) is 10.9 Å². The number of fused-ring (bicyclic) bond motifs is 1. The van der Waals surface area contributed by atoms with Gasteiger partial charge in [-0.05, 0) is 26.7 Å². The van der Waals surface area contributed by atoms with Gasteiger partial charge < -0.3 is 30.1 Å². The maximum atomic E-state index is 15.5. The molecule has 2 heterocycles. The van der Waals surface area contributed by atoms with E-state index in [-0.39, 0.29) is 36.7 Å². The maximum Gasteiger partial charge on any atom is 0.341 e. The largest absolute Gasteiger partial charge is 0.478 e. The quantitative estimate of drug-likeness (QED) is 0.351. The topological polar surface area (TPSA) is 149 Å². The van der Waals surface area contributed by atoms with Crippen molar-refractivity contribution in [2.75, 3.05) is 18.0 Å². The normalized spacial score (nSPS) is 19.8. The van der Waals surface area contributed by atoms with Crippen LogP contribution in [0.25, 0.3) is 10.9 Å². The molecule has 10 nitrogen and oxygen atoms in total. The predicted molar refractivity (Wildman–Crippen MR) is 122 cm³/mol. The van der Waals surface area contributed by atoms with E-state index in [0.29, 0.717) is 25.0 Å². The summed E-state index contributed by atoms with van der Waals surface area (Å²) in [4.78, 5) is 44.4. The summed E-state index contributed by atoms with van der Waals surface area (Å²) in [5, 5.41) is 27.3. The molecule has 1 aromatic heterocycles. The first-order chi connectivity index (χ1) is 16.8. The third-order valence-electron chi connectivity index (χ3n) is 5.68. The van der Waals surface area contributed by atoms with E-state index in [1.54, 1.807) is 0 Å². The molecular formula is C23H24F3N3O7. The van der Waals surface area contributed by atoms with Gasteiger partial charge in [-0.25, -0.2) is 27.6 Å². The van der Waals surface area contributed by atoms with Crippen molar-refractivity contribution < 1.29 is 42.9 Å². The Bertz CT molecular complexity index is 1290. The predicted octanol–water partition coefficient (Wildman–Crippen LogP) is 2.35. The van der Waals surface area contributed by atoms with Crippen LogP contribution in [0.1, 0.15) is 43.1 Å². The van der Waals surface area contributed by atoms with E-state index in [9.17, 15) is 33.1 Å². The molecule has 0 unspecified atom stereocenters. The molecule has 1 aliphatic heterocycles. The van der Waals surface area contributed by atoms with Gasteiger partial charge in [0.2, 0.25) is 5.43 Å². The van der Waals surface area contributed by atoms with Crippen molar-refractivity contribution >= 4 is 34.5 Å². The zero-order chi connectivity index (χ0) is 26.9. The van der Waals surface area contributed by atoms with E-state index in [0.717, 1.165) is 6.20 Å². The van der Waals surface area contributed by atoms with E-state index in [2.05, 4.69) is 5.32 Å². The molecule has 1 saturated heterocycles. The van der Waals surface area contributed by atoms with E-state index < -0.39 is 57.4 Å². The van der Waals surface area contributed by atoms with Gasteiger partial charge in [-0.15, -0.1) is 0 Å². The number of anilines is 1. The van der Waals surface area contributed by atoms with Gasteiger partial charge in [0.15, 0.2) is 17.5 Å². The molecule has 36 heavy (non-hydrogen) atoms. The van der Waals surface area contributed by atoms with Crippen LogP contribution in [0, 0.1) is 17.5 Å². The second kappa shape index (κ2) is 10.4. The fourth-order valence-corrected chi connectivity index (χ4v) is 4.21. The van der Waals surface area contributed by atoms with Crippen LogP contribution in [-0.4, -0.2) is 63.0 Å². The minimum Gasteiger partial charge on any atom is -0.478 e. The highest BCUT2D eigenvalue weighted by molar-refractivity contribution is 5.94. The summed E-state index contributed by atoms with van der Waals surface area (Å²) in [7, 11) is 0. The monoisotopic (exact) mass is 511 g/mol. The summed E-state index contributed by atoms with van der Waals surface area (Å²) in [5.74, 6) is -8.08. The van der Waals surface area contributed by atoms with Gasteiger partial charge in [-0.3, -0.25) is 4.79 Å². The van der Waals surface area contributed by atoms with Gasteiger partial charge in [-0.2, -0.15) is 0 Å². The van der Waals surface area contributed by atoms with E-state index in [1.807, 2.05) is 13.8 Å². The number of hydrogen-bond acceptors (Lipinski definition) is 6. The van der Waals surface area contributed by atoms with Crippen LogP contribution in [0.5, 0.6) is 0 Å². The lowest BCUT2D eigenvalue weighted by molar-refractivity contribution is -0.134. The average molecular weight is 511 g/mol. The molecule has 2 fully saturated rings. The second-order valence-electron chi connectivity index (χ2n) is 8.71. The Hall–Kier alpha value is -3.87. The fourth-order valence-electron chi connectivity index (χ4n) is 4.21. The maximum absolute atomic E-state index is 15.5. The summed E-state index contributed by atoms with van der Waals surface area (Å²) >= 11 is 0. The number of aromatic nitrogens is 1. The first-order valence-electron chi connectivity index (χ1n) is 11.0. The van der Waals surface area contributed by atoms with Crippen LogP contribution in [0.4, 0.5) is 18.9 Å². The molecule has 4 N–H and O–H groups in total. The third kappa shape index (κ3) is 5.51. The number of piperazine rings is 1. The molecule has 1 aliphatic carbocycles. The SMILES string of the molecule is C[C@@H]1CN(c2c(F)c(F)c3c(=O)c(C(=O)O)cn(C4CC4)c3c2F)C[C@H](C)N1.O=C(O)/C=C\C(=O)O. The van der Waals surface area contributed by atoms with Crippen molar-refractivity contribution in [3.05, 3.63) is 51.6 Å². The van der Waals surface area contributed by atoms with Crippen molar-refractivity contribution in [2.45, 2.75) is 44.8 Å². The summed E-state index contributed by atoms with van der Waals surface area (Å²) in [5.41, 5.74) is -2.80. The van der Waals surface area contributed by atoms with Crippen LogP contribution in [0.15, 0.2) is 23.1 Å². The number of carboxylic acids is 3. The number of benzene rings is 1. The third-order valence-corrected chi connectivity index (χ3v) is 5.68. The number of carbonyl (C=O) groups is 3. The lowest BCUT2D eigenvalue weighted by Crippen LogP contribution is -2.54. The van der Waals surface area contributed by atoms with Gasteiger partial charge in [0, 0.05) is 49.6 Å². The molecule has 2 aromatic rings. The molecule has 2 aliphatic rings. The Morgan fingerprint density at radius 3 is 1.92 bits per heavy atom. The van der Waals surface area contributed by atoms with Crippen LogP contribution >= 0.6 is 0 Å². The van der Waals surface area contributed by atoms with Crippen molar-refractivity contribution in [2.24, 2.45) is 0 Å². The fraction of sp³-hybridized carbons (Fsp3) is 0.391. The number of aromatic carboxylic acids is 1. The molecule has 0 spiro atoms. The number of carboxylic acid groups (broad SMARTS) is 3. The summed E-state index contributed by atoms with van der Waals surface area (Å²) < 4.78 is 46.7. The number of nitrogens with one attached hydrogen (secondary N) is 1. The minimum absolute atomic E-state index is 0.0682. The first kappa shape index (κ1) is 26.7.